The lowest BCUT2D eigenvalue weighted by molar-refractivity contribution is -0.202. The highest BCUT2D eigenvalue weighted by Gasteiger charge is 2.59. The zero-order valence-corrected chi connectivity index (χ0v) is 20.0. The standard InChI is InChI=1S/C29H32N2O3/c1-19-25(10-7-15-30-19)31-26(32)21-12-14-24-20(16-21)11-13-23-17-29(34,22-8-5-4-6-9-22)28(3,33)18-27(23,24)2/h4-10,12,14-16,23,33-34H,11,13,17-18H2,1-3H3,(H,31,32)/t23-,27-,28-,29-/m1/s1. The molecule has 5 heteroatoms. The van der Waals surface area contributed by atoms with Crippen molar-refractivity contribution < 1.29 is 15.0 Å². The van der Waals surface area contributed by atoms with Crippen molar-refractivity contribution in [3.05, 3.63) is 94.8 Å². The molecule has 2 aromatic carbocycles. The zero-order chi connectivity index (χ0) is 24.1. The number of nitrogens with one attached hydrogen (secondary N) is 1. The predicted molar refractivity (Wildman–Crippen MR) is 133 cm³/mol. The summed E-state index contributed by atoms with van der Waals surface area (Å²) in [6, 6.07) is 19.1. The van der Waals surface area contributed by atoms with E-state index in [-0.39, 0.29) is 17.2 Å². The van der Waals surface area contributed by atoms with Crippen molar-refractivity contribution in [1.29, 1.82) is 0 Å². The fraction of sp³-hybridized carbons (Fsp3) is 0.379. The highest BCUT2D eigenvalue weighted by atomic mass is 16.4. The van der Waals surface area contributed by atoms with E-state index in [2.05, 4.69) is 23.3 Å². The molecule has 1 amide bonds. The molecule has 1 aromatic heterocycles. The van der Waals surface area contributed by atoms with Gasteiger partial charge in [-0.15, -0.1) is 0 Å². The number of benzene rings is 2. The van der Waals surface area contributed by atoms with Crippen LogP contribution in [0, 0.1) is 12.8 Å². The summed E-state index contributed by atoms with van der Waals surface area (Å²) < 4.78 is 0. The Morgan fingerprint density at radius 1 is 1.06 bits per heavy atom. The molecular formula is C29H32N2O3. The summed E-state index contributed by atoms with van der Waals surface area (Å²) in [5, 5.41) is 26.3. The Hall–Kier alpha value is -3.02. The normalized spacial score (nSPS) is 30.2. The Balaban J connectivity index is 1.45. The molecule has 1 fully saturated rings. The number of fused-ring (bicyclic) bond motifs is 3. The van der Waals surface area contributed by atoms with Gasteiger partial charge in [-0.05, 0) is 91.8 Å². The summed E-state index contributed by atoms with van der Waals surface area (Å²) in [5.41, 5.74) is 2.33. The molecule has 0 radical (unpaired) electrons. The van der Waals surface area contributed by atoms with Gasteiger partial charge in [-0.25, -0.2) is 0 Å². The molecule has 34 heavy (non-hydrogen) atoms. The maximum absolute atomic E-state index is 12.9. The van der Waals surface area contributed by atoms with Crippen LogP contribution in [0.15, 0.2) is 66.9 Å². The summed E-state index contributed by atoms with van der Waals surface area (Å²) in [7, 11) is 0. The van der Waals surface area contributed by atoms with E-state index in [1.807, 2.05) is 61.5 Å². The van der Waals surface area contributed by atoms with Gasteiger partial charge in [0.25, 0.3) is 5.91 Å². The monoisotopic (exact) mass is 456 g/mol. The van der Waals surface area contributed by atoms with Crippen molar-refractivity contribution in [3.63, 3.8) is 0 Å². The second kappa shape index (κ2) is 8.03. The molecule has 2 aliphatic rings. The van der Waals surface area contributed by atoms with Crippen LogP contribution in [0.2, 0.25) is 0 Å². The summed E-state index contributed by atoms with van der Waals surface area (Å²) in [5.74, 6) is 0.0726. The quantitative estimate of drug-likeness (QED) is 0.524. The lowest BCUT2D eigenvalue weighted by Crippen LogP contribution is -2.61. The Morgan fingerprint density at radius 3 is 2.56 bits per heavy atom. The molecule has 3 aromatic rings. The largest absolute Gasteiger partial charge is 0.387 e. The van der Waals surface area contributed by atoms with Gasteiger partial charge in [0.2, 0.25) is 0 Å². The van der Waals surface area contributed by atoms with Crippen LogP contribution < -0.4 is 5.32 Å². The minimum atomic E-state index is -1.29. The Labute approximate surface area is 200 Å². The first-order valence-electron chi connectivity index (χ1n) is 12.0. The van der Waals surface area contributed by atoms with Gasteiger partial charge in [-0.1, -0.05) is 43.3 Å². The number of pyridine rings is 1. The molecule has 3 N–H and O–H groups in total. The van der Waals surface area contributed by atoms with Gasteiger partial charge < -0.3 is 15.5 Å². The van der Waals surface area contributed by atoms with Gasteiger partial charge >= 0.3 is 0 Å². The smallest absolute Gasteiger partial charge is 0.255 e. The third-order valence-corrected chi connectivity index (χ3v) is 8.30. The number of aliphatic hydroxyl groups is 2. The fourth-order valence-electron chi connectivity index (χ4n) is 6.33. The minimum Gasteiger partial charge on any atom is -0.387 e. The van der Waals surface area contributed by atoms with Crippen LogP contribution in [-0.4, -0.2) is 26.7 Å². The zero-order valence-electron chi connectivity index (χ0n) is 20.0. The van der Waals surface area contributed by atoms with Crippen LogP contribution in [0.3, 0.4) is 0 Å². The molecule has 1 saturated carbocycles. The molecule has 0 bridgehead atoms. The van der Waals surface area contributed by atoms with E-state index >= 15 is 0 Å². The third kappa shape index (κ3) is 3.55. The van der Waals surface area contributed by atoms with Crippen molar-refractivity contribution >= 4 is 11.6 Å². The van der Waals surface area contributed by atoms with E-state index in [0.717, 1.165) is 29.7 Å². The van der Waals surface area contributed by atoms with Crippen molar-refractivity contribution in [2.75, 3.05) is 5.32 Å². The van der Waals surface area contributed by atoms with Gasteiger partial charge in [0, 0.05) is 11.8 Å². The number of nitrogens with zero attached hydrogens (tertiary/aromatic N) is 1. The molecule has 176 valence electrons. The van der Waals surface area contributed by atoms with Crippen molar-refractivity contribution in [3.8, 4) is 0 Å². The summed E-state index contributed by atoms with van der Waals surface area (Å²) in [6.07, 6.45) is 4.40. The molecule has 0 aliphatic heterocycles. The molecule has 0 unspecified atom stereocenters. The second-order valence-corrected chi connectivity index (χ2v) is 10.5. The summed E-state index contributed by atoms with van der Waals surface area (Å²) in [6.45, 7) is 5.83. The first-order valence-corrected chi connectivity index (χ1v) is 12.0. The average molecular weight is 457 g/mol. The maximum Gasteiger partial charge on any atom is 0.255 e. The van der Waals surface area contributed by atoms with E-state index in [1.54, 1.807) is 13.1 Å². The summed E-state index contributed by atoms with van der Waals surface area (Å²) in [4.78, 5) is 17.2. The Bertz CT molecular complexity index is 1240. The molecule has 5 nitrogen and oxygen atoms in total. The minimum absolute atomic E-state index is 0.153. The van der Waals surface area contributed by atoms with Crippen molar-refractivity contribution in [1.82, 2.24) is 4.98 Å². The predicted octanol–water partition coefficient (Wildman–Crippen LogP) is 4.90. The number of anilines is 1. The number of aryl methyl sites for hydroxylation is 2. The molecule has 2 aliphatic carbocycles. The molecule has 4 atom stereocenters. The van der Waals surface area contributed by atoms with Crippen LogP contribution in [0.4, 0.5) is 5.69 Å². The first-order chi connectivity index (χ1) is 16.1. The van der Waals surface area contributed by atoms with E-state index in [0.29, 0.717) is 24.1 Å². The van der Waals surface area contributed by atoms with Crippen LogP contribution in [0.5, 0.6) is 0 Å². The lowest BCUT2D eigenvalue weighted by atomic mass is 9.50. The number of carbonyl (C=O) groups excluding carboxylic acids is 1. The van der Waals surface area contributed by atoms with Gasteiger partial charge in [-0.3, -0.25) is 9.78 Å². The highest BCUT2D eigenvalue weighted by molar-refractivity contribution is 6.04. The van der Waals surface area contributed by atoms with E-state index < -0.39 is 11.2 Å². The number of hydrogen-bond donors (Lipinski definition) is 3. The number of hydrogen-bond acceptors (Lipinski definition) is 4. The van der Waals surface area contributed by atoms with Crippen molar-refractivity contribution in [2.24, 2.45) is 5.92 Å². The fourth-order valence-corrected chi connectivity index (χ4v) is 6.33. The maximum atomic E-state index is 12.9. The van der Waals surface area contributed by atoms with Gasteiger partial charge in [0.05, 0.1) is 17.0 Å². The van der Waals surface area contributed by atoms with Crippen LogP contribution in [-0.2, 0) is 17.4 Å². The molecular weight excluding hydrogens is 424 g/mol. The van der Waals surface area contributed by atoms with Crippen LogP contribution >= 0.6 is 0 Å². The van der Waals surface area contributed by atoms with Gasteiger partial charge in [0.1, 0.15) is 5.60 Å². The van der Waals surface area contributed by atoms with E-state index in [4.69, 9.17) is 0 Å². The SMILES string of the molecule is Cc1ncccc1NC(=O)c1ccc2c(c1)CC[C@@H]1C[C@@](O)(c3ccccc3)[C@](C)(O)C[C@@]21C. The molecule has 1 heterocycles. The Kier molecular flexibility index (Phi) is 5.38. The van der Waals surface area contributed by atoms with Gasteiger partial charge in [-0.2, -0.15) is 0 Å². The van der Waals surface area contributed by atoms with Gasteiger partial charge in [0.15, 0.2) is 0 Å². The number of amides is 1. The number of carbonyl (C=O) groups is 1. The summed E-state index contributed by atoms with van der Waals surface area (Å²) >= 11 is 0. The van der Waals surface area contributed by atoms with E-state index in [9.17, 15) is 15.0 Å². The number of rotatable bonds is 3. The molecule has 0 spiro atoms. The first kappa shape index (κ1) is 22.8. The number of aromatic nitrogens is 1. The topological polar surface area (TPSA) is 82.5 Å². The van der Waals surface area contributed by atoms with Crippen molar-refractivity contribution in [2.45, 2.75) is 63.1 Å². The second-order valence-electron chi connectivity index (χ2n) is 10.5. The highest BCUT2D eigenvalue weighted by Crippen LogP contribution is 2.58. The van der Waals surface area contributed by atoms with E-state index in [1.165, 1.54) is 5.56 Å². The molecule has 0 saturated heterocycles. The average Bonchev–Trinajstić information content (AvgIpc) is 2.81. The van der Waals surface area contributed by atoms with Crippen LogP contribution in [0.25, 0.3) is 0 Å². The Morgan fingerprint density at radius 2 is 1.82 bits per heavy atom. The molecule has 5 rings (SSSR count). The third-order valence-electron chi connectivity index (χ3n) is 8.30. The lowest BCUT2D eigenvalue weighted by Gasteiger charge is -2.58. The van der Waals surface area contributed by atoms with Crippen LogP contribution in [0.1, 0.15) is 65.9 Å².